The molecular weight excluding hydrogens is 345 g/mol. The summed E-state index contributed by atoms with van der Waals surface area (Å²) in [6.45, 7) is -0.723. The minimum absolute atomic E-state index is 0.0415. The number of hydrogen-bond donors (Lipinski definition) is 2. The van der Waals surface area contributed by atoms with Crippen LogP contribution in [0.25, 0.3) is 0 Å². The fourth-order valence-electron chi connectivity index (χ4n) is 1.85. The number of alkyl halides is 3. The summed E-state index contributed by atoms with van der Waals surface area (Å²) in [6.07, 6.45) is -4.47. The Hall–Kier alpha value is -3.23. The molecule has 0 heterocycles. The van der Waals surface area contributed by atoms with E-state index >= 15 is 0 Å². The molecule has 132 valence electrons. The van der Waals surface area contributed by atoms with Gasteiger partial charge in [0.05, 0.1) is 5.56 Å². The zero-order valence-electron chi connectivity index (χ0n) is 12.4. The Kier molecular flexibility index (Phi) is 5.16. The van der Waals surface area contributed by atoms with Crippen LogP contribution >= 0.6 is 0 Å². The summed E-state index contributed by atoms with van der Waals surface area (Å²) >= 11 is 0. The summed E-state index contributed by atoms with van der Waals surface area (Å²) in [5.74, 6) is -2.71. The molecule has 25 heavy (non-hydrogen) atoms. The lowest BCUT2D eigenvalue weighted by Crippen LogP contribution is -2.12. The van der Waals surface area contributed by atoms with Crippen molar-refractivity contribution in [3.63, 3.8) is 0 Å². The lowest BCUT2D eigenvalue weighted by atomic mass is 10.2. The first-order chi connectivity index (χ1) is 11.7. The molecule has 0 aliphatic rings. The molecule has 0 bridgehead atoms. The number of hydrogen-bond acceptors (Lipinski definition) is 4. The van der Waals surface area contributed by atoms with Crippen molar-refractivity contribution in [1.29, 1.82) is 0 Å². The molecule has 2 N–H and O–H groups in total. The van der Waals surface area contributed by atoms with Gasteiger partial charge in [-0.1, -0.05) is 0 Å². The number of halogens is 3. The van der Waals surface area contributed by atoms with E-state index in [9.17, 15) is 22.8 Å². The fraction of sp³-hybridized carbons (Fsp3) is 0.125. The van der Waals surface area contributed by atoms with E-state index in [1.807, 2.05) is 0 Å². The molecule has 0 unspecified atom stereocenters. The molecule has 0 aromatic heterocycles. The molecule has 0 aliphatic carbocycles. The van der Waals surface area contributed by atoms with E-state index in [2.05, 4.69) is 0 Å². The first-order valence-corrected chi connectivity index (χ1v) is 6.74. The van der Waals surface area contributed by atoms with Gasteiger partial charge in [0.2, 0.25) is 0 Å². The van der Waals surface area contributed by atoms with E-state index in [-0.39, 0.29) is 22.8 Å². The van der Waals surface area contributed by atoms with Crippen molar-refractivity contribution in [2.45, 2.75) is 6.18 Å². The average Bonchev–Trinajstić information content (AvgIpc) is 2.53. The number of rotatable bonds is 6. The van der Waals surface area contributed by atoms with Gasteiger partial charge < -0.3 is 19.7 Å². The number of carboxylic acids is 2. The molecule has 2 rings (SSSR count). The van der Waals surface area contributed by atoms with E-state index in [0.29, 0.717) is 0 Å². The second kappa shape index (κ2) is 7.12. The summed E-state index contributed by atoms with van der Waals surface area (Å²) in [5, 5.41) is 17.7. The first-order valence-electron chi connectivity index (χ1n) is 6.74. The van der Waals surface area contributed by atoms with Crippen LogP contribution in [0, 0.1) is 0 Å². The van der Waals surface area contributed by atoms with Gasteiger partial charge in [-0.2, -0.15) is 13.2 Å². The van der Waals surface area contributed by atoms with Gasteiger partial charge in [-0.25, -0.2) is 9.59 Å². The van der Waals surface area contributed by atoms with Crippen LogP contribution in [0.15, 0.2) is 42.5 Å². The number of aliphatic carboxylic acids is 1. The standard InChI is InChI=1S/C16H11F3O6/c17-16(18,19)9-1-3-10(4-2-9)25-11-5-6-13(24-8-14(20)21)12(7-11)15(22)23/h1-7H,8H2,(H,20,21)(H,22,23). The topological polar surface area (TPSA) is 93.1 Å². The second-order valence-corrected chi connectivity index (χ2v) is 4.77. The lowest BCUT2D eigenvalue weighted by molar-refractivity contribution is -0.139. The van der Waals surface area contributed by atoms with Crippen LogP contribution in [-0.4, -0.2) is 28.8 Å². The maximum Gasteiger partial charge on any atom is 0.416 e. The molecule has 9 heteroatoms. The van der Waals surface area contributed by atoms with Gasteiger partial charge in [0.25, 0.3) is 0 Å². The molecule has 6 nitrogen and oxygen atoms in total. The molecule has 0 fully saturated rings. The molecule has 0 atom stereocenters. The minimum atomic E-state index is -4.47. The highest BCUT2D eigenvalue weighted by atomic mass is 19.4. The van der Waals surface area contributed by atoms with Gasteiger partial charge in [0.15, 0.2) is 6.61 Å². The predicted octanol–water partition coefficient (Wildman–Crippen LogP) is 3.66. The van der Waals surface area contributed by atoms with Gasteiger partial charge >= 0.3 is 18.1 Å². The zero-order valence-corrected chi connectivity index (χ0v) is 12.4. The van der Waals surface area contributed by atoms with Crippen LogP contribution in [0.3, 0.4) is 0 Å². The average molecular weight is 356 g/mol. The van der Waals surface area contributed by atoms with Crippen molar-refractivity contribution < 1.29 is 42.4 Å². The monoisotopic (exact) mass is 356 g/mol. The Morgan fingerprint density at radius 2 is 1.56 bits per heavy atom. The molecule has 2 aromatic rings. The highest BCUT2D eigenvalue weighted by molar-refractivity contribution is 5.91. The van der Waals surface area contributed by atoms with Crippen molar-refractivity contribution >= 4 is 11.9 Å². The SMILES string of the molecule is O=C(O)COc1ccc(Oc2ccc(C(F)(F)F)cc2)cc1C(=O)O. The van der Waals surface area contributed by atoms with Crippen LogP contribution in [0.2, 0.25) is 0 Å². The van der Waals surface area contributed by atoms with Crippen molar-refractivity contribution in [2.24, 2.45) is 0 Å². The van der Waals surface area contributed by atoms with E-state index < -0.39 is 30.3 Å². The molecule has 0 radical (unpaired) electrons. The van der Waals surface area contributed by atoms with Crippen molar-refractivity contribution in [2.75, 3.05) is 6.61 Å². The van der Waals surface area contributed by atoms with Crippen molar-refractivity contribution in [3.8, 4) is 17.2 Å². The van der Waals surface area contributed by atoms with E-state index in [1.54, 1.807) is 0 Å². The highest BCUT2D eigenvalue weighted by Crippen LogP contribution is 2.32. The van der Waals surface area contributed by atoms with Crippen molar-refractivity contribution in [3.05, 3.63) is 53.6 Å². The van der Waals surface area contributed by atoms with Gasteiger partial charge in [-0.3, -0.25) is 0 Å². The van der Waals surface area contributed by atoms with E-state index in [0.717, 1.165) is 30.3 Å². The van der Waals surface area contributed by atoms with Gasteiger partial charge in [-0.15, -0.1) is 0 Å². The van der Waals surface area contributed by atoms with Gasteiger partial charge in [0, 0.05) is 0 Å². The number of benzene rings is 2. The van der Waals surface area contributed by atoms with E-state index in [1.165, 1.54) is 12.1 Å². The molecule has 2 aromatic carbocycles. The van der Waals surface area contributed by atoms with E-state index in [4.69, 9.17) is 19.7 Å². The van der Waals surface area contributed by atoms with Crippen LogP contribution < -0.4 is 9.47 Å². The lowest BCUT2D eigenvalue weighted by Gasteiger charge is -2.11. The molecule has 0 saturated heterocycles. The summed E-state index contributed by atoms with van der Waals surface area (Å²) < 4.78 is 47.7. The Morgan fingerprint density at radius 3 is 2.08 bits per heavy atom. The van der Waals surface area contributed by atoms with Crippen LogP contribution in [0.4, 0.5) is 13.2 Å². The molecular formula is C16H11F3O6. The molecule has 0 aliphatic heterocycles. The van der Waals surface area contributed by atoms with Gasteiger partial charge in [0.1, 0.15) is 22.8 Å². The normalized spacial score (nSPS) is 11.0. The quantitative estimate of drug-likeness (QED) is 0.821. The predicted molar refractivity (Wildman–Crippen MR) is 78.1 cm³/mol. The first kappa shape index (κ1) is 18.1. The maximum atomic E-state index is 12.5. The Labute approximate surface area is 139 Å². The zero-order chi connectivity index (χ0) is 18.6. The Bertz CT molecular complexity index is 783. The fourth-order valence-corrected chi connectivity index (χ4v) is 1.85. The minimum Gasteiger partial charge on any atom is -0.481 e. The maximum absolute atomic E-state index is 12.5. The molecule has 0 amide bonds. The number of carboxylic acid groups (broad SMARTS) is 2. The third-order valence-electron chi connectivity index (χ3n) is 2.95. The van der Waals surface area contributed by atoms with Crippen molar-refractivity contribution in [1.82, 2.24) is 0 Å². The molecule has 0 saturated carbocycles. The largest absolute Gasteiger partial charge is 0.481 e. The Morgan fingerprint density at radius 1 is 0.960 bits per heavy atom. The van der Waals surface area contributed by atoms with Crippen LogP contribution in [-0.2, 0) is 11.0 Å². The number of aromatic carboxylic acids is 1. The third kappa shape index (κ3) is 4.87. The second-order valence-electron chi connectivity index (χ2n) is 4.77. The summed E-state index contributed by atoms with van der Waals surface area (Å²) in [7, 11) is 0. The number of carbonyl (C=O) groups is 2. The summed E-state index contributed by atoms with van der Waals surface area (Å²) in [5.41, 5.74) is -1.19. The Balaban J connectivity index is 2.21. The van der Waals surface area contributed by atoms with Crippen LogP contribution in [0.5, 0.6) is 17.2 Å². The highest BCUT2D eigenvalue weighted by Gasteiger charge is 2.30. The summed E-state index contributed by atoms with van der Waals surface area (Å²) in [6, 6.07) is 7.44. The van der Waals surface area contributed by atoms with Crippen LogP contribution in [0.1, 0.15) is 15.9 Å². The third-order valence-corrected chi connectivity index (χ3v) is 2.95. The molecule has 0 spiro atoms. The number of ether oxygens (including phenoxy) is 2. The van der Waals surface area contributed by atoms with Gasteiger partial charge in [-0.05, 0) is 42.5 Å². The smallest absolute Gasteiger partial charge is 0.416 e. The summed E-state index contributed by atoms with van der Waals surface area (Å²) in [4.78, 5) is 21.7.